The molecule has 0 aliphatic carbocycles. The smallest absolute Gasteiger partial charge is 0.270 e. The van der Waals surface area contributed by atoms with Crippen molar-refractivity contribution in [1.82, 2.24) is 14.9 Å². The molecule has 0 saturated heterocycles. The van der Waals surface area contributed by atoms with Crippen LogP contribution >= 0.6 is 0 Å². The van der Waals surface area contributed by atoms with E-state index in [0.29, 0.717) is 5.82 Å². The van der Waals surface area contributed by atoms with Gasteiger partial charge in [-0.1, -0.05) is 30.3 Å². The number of aliphatic imine (C=N–C) groups is 1. The van der Waals surface area contributed by atoms with E-state index in [2.05, 4.69) is 25.2 Å². The number of aromatic nitrogens is 2. The van der Waals surface area contributed by atoms with Crippen LogP contribution in [0.3, 0.4) is 0 Å². The number of nitro groups is 1. The number of nitrogens with zero attached hydrogens (tertiary/aromatic N) is 5. The third kappa shape index (κ3) is 5.01. The Labute approximate surface area is 179 Å². The highest BCUT2D eigenvalue weighted by Gasteiger charge is 2.12. The van der Waals surface area contributed by atoms with Gasteiger partial charge in [-0.15, -0.1) is 0 Å². The van der Waals surface area contributed by atoms with E-state index in [1.807, 2.05) is 36.5 Å². The van der Waals surface area contributed by atoms with Gasteiger partial charge in [-0.05, 0) is 29.2 Å². The average molecular weight is 417 g/mol. The molecule has 158 valence electrons. The van der Waals surface area contributed by atoms with E-state index in [1.165, 1.54) is 6.07 Å². The van der Waals surface area contributed by atoms with E-state index in [1.54, 1.807) is 18.3 Å². The third-order valence-corrected chi connectivity index (χ3v) is 5.07. The molecule has 3 N–H and O–H groups in total. The molecule has 1 aliphatic heterocycles. The summed E-state index contributed by atoms with van der Waals surface area (Å²) in [6, 6.07) is 14.4. The van der Waals surface area contributed by atoms with Gasteiger partial charge in [-0.2, -0.15) is 4.98 Å². The van der Waals surface area contributed by atoms with Crippen LogP contribution in [0.1, 0.15) is 6.42 Å². The molecule has 2 heterocycles. The van der Waals surface area contributed by atoms with Crippen LogP contribution < -0.4 is 11.1 Å². The van der Waals surface area contributed by atoms with E-state index < -0.39 is 4.92 Å². The first-order valence-corrected chi connectivity index (χ1v) is 10.0. The maximum Gasteiger partial charge on any atom is 0.270 e. The van der Waals surface area contributed by atoms with Gasteiger partial charge < -0.3 is 11.1 Å². The molecule has 4 rings (SSSR count). The van der Waals surface area contributed by atoms with Crippen LogP contribution in [0.25, 0.3) is 22.3 Å². The van der Waals surface area contributed by atoms with Crippen LogP contribution in [0.5, 0.6) is 0 Å². The molecule has 0 amide bonds. The summed E-state index contributed by atoms with van der Waals surface area (Å²) < 4.78 is 0. The Kier molecular flexibility index (Phi) is 6.13. The Morgan fingerprint density at radius 2 is 1.90 bits per heavy atom. The van der Waals surface area contributed by atoms with Crippen molar-refractivity contribution in [3.63, 3.8) is 0 Å². The summed E-state index contributed by atoms with van der Waals surface area (Å²) in [6.45, 7) is 3.35. The number of anilines is 2. The van der Waals surface area contributed by atoms with Gasteiger partial charge in [0.2, 0.25) is 5.95 Å². The standard InChI is InChI=1S/C22H23N7O2/c23-22-26-14-20(21(27-22)25-8-3-10-28-11-9-24-15-28)18-6-1-4-16(12-18)17-5-2-7-19(13-17)29(30)31/h1-2,4-7,9,12-14H,3,8,10-11,15H2,(H3,23,25,26,27). The van der Waals surface area contributed by atoms with Crippen LogP contribution in [0.2, 0.25) is 0 Å². The van der Waals surface area contributed by atoms with Crippen molar-refractivity contribution >= 4 is 23.7 Å². The predicted octanol–water partition coefficient (Wildman–Crippen LogP) is 3.45. The number of benzene rings is 2. The highest BCUT2D eigenvalue weighted by atomic mass is 16.6. The van der Waals surface area contributed by atoms with Gasteiger partial charge in [0.25, 0.3) is 5.69 Å². The molecule has 1 aliphatic rings. The van der Waals surface area contributed by atoms with Gasteiger partial charge in [-0.3, -0.25) is 20.0 Å². The molecule has 0 bridgehead atoms. The molecule has 0 unspecified atom stereocenters. The summed E-state index contributed by atoms with van der Waals surface area (Å²) in [5.74, 6) is 0.871. The molecule has 0 fully saturated rings. The van der Waals surface area contributed by atoms with Crippen LogP contribution in [0, 0.1) is 10.1 Å². The maximum absolute atomic E-state index is 11.1. The molecule has 0 radical (unpaired) electrons. The zero-order valence-corrected chi connectivity index (χ0v) is 16.9. The Hall–Kier alpha value is -3.85. The lowest BCUT2D eigenvalue weighted by atomic mass is 9.99. The van der Waals surface area contributed by atoms with Gasteiger partial charge in [-0.25, -0.2) is 4.98 Å². The summed E-state index contributed by atoms with van der Waals surface area (Å²) in [6.07, 6.45) is 4.58. The number of nitrogens with one attached hydrogen (secondary N) is 1. The third-order valence-electron chi connectivity index (χ3n) is 5.07. The van der Waals surface area contributed by atoms with Gasteiger partial charge in [0.1, 0.15) is 5.82 Å². The fourth-order valence-corrected chi connectivity index (χ4v) is 3.48. The highest BCUT2D eigenvalue weighted by Crippen LogP contribution is 2.31. The van der Waals surface area contributed by atoms with Crippen LogP contribution in [0.15, 0.2) is 59.7 Å². The van der Waals surface area contributed by atoms with Crippen molar-refractivity contribution in [2.24, 2.45) is 4.99 Å². The fraction of sp³-hybridized carbons (Fsp3) is 0.227. The van der Waals surface area contributed by atoms with Crippen molar-refractivity contribution in [2.75, 3.05) is 37.4 Å². The Bertz CT molecular complexity index is 1110. The zero-order valence-electron chi connectivity index (χ0n) is 16.9. The Balaban J connectivity index is 1.54. The maximum atomic E-state index is 11.1. The van der Waals surface area contributed by atoms with Crippen molar-refractivity contribution in [2.45, 2.75) is 6.42 Å². The SMILES string of the molecule is Nc1ncc(-c2cccc(-c3cccc([N+](=O)[O-])c3)c2)c(NCCCN2CC=NC2)n1. The van der Waals surface area contributed by atoms with Gasteiger partial charge >= 0.3 is 0 Å². The number of hydrogen-bond acceptors (Lipinski definition) is 8. The quantitative estimate of drug-likeness (QED) is 0.327. The molecule has 0 spiro atoms. The molecular weight excluding hydrogens is 394 g/mol. The number of non-ortho nitro benzene ring substituents is 1. The lowest BCUT2D eigenvalue weighted by Gasteiger charge is -2.15. The second kappa shape index (κ2) is 9.31. The number of nitrogens with two attached hydrogens (primary N) is 1. The molecule has 0 saturated carbocycles. The second-order valence-corrected chi connectivity index (χ2v) is 7.24. The summed E-state index contributed by atoms with van der Waals surface area (Å²) in [7, 11) is 0. The first kappa shape index (κ1) is 20.4. The summed E-state index contributed by atoms with van der Waals surface area (Å²) >= 11 is 0. The first-order valence-electron chi connectivity index (χ1n) is 10.0. The minimum atomic E-state index is -0.391. The van der Waals surface area contributed by atoms with Crippen molar-refractivity contribution in [1.29, 1.82) is 0 Å². The van der Waals surface area contributed by atoms with Crippen LogP contribution in [-0.2, 0) is 0 Å². The van der Waals surface area contributed by atoms with Gasteiger partial charge in [0.05, 0.1) is 11.6 Å². The molecule has 3 aromatic rings. The number of rotatable bonds is 8. The fourth-order valence-electron chi connectivity index (χ4n) is 3.48. The topological polar surface area (TPSA) is 123 Å². The number of nitro benzene ring substituents is 1. The van der Waals surface area contributed by atoms with Gasteiger partial charge in [0.15, 0.2) is 0 Å². The van der Waals surface area contributed by atoms with Crippen LogP contribution in [0.4, 0.5) is 17.5 Å². The average Bonchev–Trinajstić information content (AvgIpc) is 3.31. The molecule has 31 heavy (non-hydrogen) atoms. The summed E-state index contributed by atoms with van der Waals surface area (Å²) in [5.41, 5.74) is 9.26. The van der Waals surface area contributed by atoms with E-state index in [-0.39, 0.29) is 11.6 Å². The number of nitrogen functional groups attached to an aromatic ring is 1. The van der Waals surface area contributed by atoms with Crippen molar-refractivity contribution in [3.05, 3.63) is 64.8 Å². The van der Waals surface area contributed by atoms with E-state index in [0.717, 1.165) is 55.0 Å². The first-order chi connectivity index (χ1) is 15.1. The largest absolute Gasteiger partial charge is 0.369 e. The molecular formula is C22H23N7O2. The second-order valence-electron chi connectivity index (χ2n) is 7.24. The molecule has 0 atom stereocenters. The van der Waals surface area contributed by atoms with Gasteiger partial charge in [0, 0.05) is 49.7 Å². The normalized spacial score (nSPS) is 13.4. The summed E-state index contributed by atoms with van der Waals surface area (Å²) in [4.78, 5) is 25.8. The van der Waals surface area contributed by atoms with Crippen molar-refractivity contribution in [3.8, 4) is 22.3 Å². The number of hydrogen-bond donors (Lipinski definition) is 2. The van der Waals surface area contributed by atoms with E-state index in [9.17, 15) is 10.1 Å². The van der Waals surface area contributed by atoms with E-state index in [4.69, 9.17) is 5.73 Å². The van der Waals surface area contributed by atoms with E-state index >= 15 is 0 Å². The molecule has 2 aromatic carbocycles. The Morgan fingerprint density at radius 3 is 2.68 bits per heavy atom. The lowest BCUT2D eigenvalue weighted by Crippen LogP contribution is -2.23. The van der Waals surface area contributed by atoms with Crippen molar-refractivity contribution < 1.29 is 4.92 Å². The molecule has 1 aromatic heterocycles. The highest BCUT2D eigenvalue weighted by molar-refractivity contribution is 5.79. The zero-order chi connectivity index (χ0) is 21.6. The summed E-state index contributed by atoms with van der Waals surface area (Å²) in [5, 5.41) is 14.5. The van der Waals surface area contributed by atoms with Crippen LogP contribution in [-0.4, -0.2) is 52.3 Å². The Morgan fingerprint density at radius 1 is 1.13 bits per heavy atom. The molecule has 9 heteroatoms. The minimum absolute atomic E-state index is 0.0597. The predicted molar refractivity (Wildman–Crippen MR) is 122 cm³/mol. The lowest BCUT2D eigenvalue weighted by molar-refractivity contribution is -0.384. The monoisotopic (exact) mass is 417 g/mol. The minimum Gasteiger partial charge on any atom is -0.369 e. The molecule has 9 nitrogen and oxygen atoms in total.